The summed E-state index contributed by atoms with van der Waals surface area (Å²) in [4.78, 5) is 15.7. The minimum atomic E-state index is -0.169. The van der Waals surface area contributed by atoms with Gasteiger partial charge in [-0.3, -0.25) is 14.8 Å². The van der Waals surface area contributed by atoms with Crippen LogP contribution in [0.25, 0.3) is 22.2 Å². The average molecular weight is 545 g/mol. The maximum atomic E-state index is 13.2. The number of nitrogens with one attached hydrogen (secondary N) is 2. The van der Waals surface area contributed by atoms with E-state index in [1.54, 1.807) is 0 Å². The van der Waals surface area contributed by atoms with Gasteiger partial charge in [0.05, 0.1) is 36.5 Å². The molecule has 2 aliphatic rings. The zero-order valence-corrected chi connectivity index (χ0v) is 22.8. The van der Waals surface area contributed by atoms with Gasteiger partial charge in [-0.05, 0) is 73.4 Å². The molecule has 0 radical (unpaired) electrons. The smallest absolute Gasteiger partial charge is 0.251 e. The van der Waals surface area contributed by atoms with Crippen molar-refractivity contribution in [1.82, 2.24) is 20.4 Å². The Kier molecular flexibility index (Phi) is 7.55. The van der Waals surface area contributed by atoms with Gasteiger partial charge >= 0.3 is 0 Å². The van der Waals surface area contributed by atoms with Crippen LogP contribution in [0.5, 0.6) is 5.75 Å². The van der Waals surface area contributed by atoms with Crippen LogP contribution in [-0.4, -0.2) is 59.5 Å². The predicted octanol–water partition coefficient (Wildman–Crippen LogP) is 6.01. The van der Waals surface area contributed by atoms with Crippen molar-refractivity contribution in [3.05, 3.63) is 82.9 Å². The van der Waals surface area contributed by atoms with Gasteiger partial charge in [-0.2, -0.15) is 5.10 Å². The van der Waals surface area contributed by atoms with Gasteiger partial charge in [0.15, 0.2) is 0 Å². The van der Waals surface area contributed by atoms with Crippen LogP contribution in [0.1, 0.15) is 48.1 Å². The summed E-state index contributed by atoms with van der Waals surface area (Å²) in [5.74, 6) is 0.727. The normalized spacial score (nSPS) is 17.6. The first kappa shape index (κ1) is 25.9. The van der Waals surface area contributed by atoms with Gasteiger partial charge in [0.1, 0.15) is 11.9 Å². The van der Waals surface area contributed by atoms with Gasteiger partial charge in [-0.1, -0.05) is 36.7 Å². The maximum absolute atomic E-state index is 13.2. The van der Waals surface area contributed by atoms with E-state index in [4.69, 9.17) is 21.1 Å². The standard InChI is InChI=1S/C31H33ClN4O3/c1-2-28(25-5-3-4-6-27(25)32)33-31(37)21-9-12-29-26(17-21)30(35-34-29)20-7-10-23(11-8-20)39-24-13-15-36(16-14-24)22-18-38-19-22/h3-12,17,22,24,28H,2,13-16,18-19H2,1H3,(H,33,37)(H,34,35)/t28-/m0/s1. The number of carbonyl (C=O) groups is 1. The molecule has 0 unspecified atom stereocenters. The molecule has 7 nitrogen and oxygen atoms in total. The number of ether oxygens (including phenoxy) is 2. The number of rotatable bonds is 8. The van der Waals surface area contributed by atoms with Crippen LogP contribution < -0.4 is 10.1 Å². The van der Waals surface area contributed by atoms with Crippen LogP contribution in [0, 0.1) is 0 Å². The molecule has 4 aromatic rings. The van der Waals surface area contributed by atoms with E-state index in [1.165, 1.54) is 0 Å². The fourth-order valence-corrected chi connectivity index (χ4v) is 5.72. The molecule has 8 heteroatoms. The Balaban J connectivity index is 1.14. The molecule has 2 fully saturated rings. The monoisotopic (exact) mass is 544 g/mol. The minimum Gasteiger partial charge on any atom is -0.490 e. The summed E-state index contributed by atoms with van der Waals surface area (Å²) >= 11 is 6.39. The largest absolute Gasteiger partial charge is 0.490 e. The van der Waals surface area contributed by atoms with Gasteiger partial charge in [0.2, 0.25) is 0 Å². The third-order valence-electron chi connectivity index (χ3n) is 7.86. The number of aromatic amines is 1. The lowest BCUT2D eigenvalue weighted by Crippen LogP contribution is -2.52. The van der Waals surface area contributed by atoms with Crippen molar-refractivity contribution in [3.63, 3.8) is 0 Å². The maximum Gasteiger partial charge on any atom is 0.251 e. The van der Waals surface area contributed by atoms with E-state index in [0.717, 1.165) is 79.0 Å². The van der Waals surface area contributed by atoms with Crippen LogP contribution in [0.3, 0.4) is 0 Å². The number of amides is 1. The molecule has 2 aliphatic heterocycles. The Morgan fingerprint density at radius 2 is 1.90 bits per heavy atom. The van der Waals surface area contributed by atoms with Crippen molar-refractivity contribution in [3.8, 4) is 17.0 Å². The second kappa shape index (κ2) is 11.4. The summed E-state index contributed by atoms with van der Waals surface area (Å²) in [5, 5.41) is 12.3. The minimum absolute atomic E-state index is 0.143. The molecule has 0 spiro atoms. The topological polar surface area (TPSA) is 79.5 Å². The number of carbonyl (C=O) groups excluding carboxylic acids is 1. The lowest BCUT2D eigenvalue weighted by Gasteiger charge is -2.41. The summed E-state index contributed by atoms with van der Waals surface area (Å²) in [6.45, 7) is 5.88. The van der Waals surface area contributed by atoms with E-state index in [2.05, 4.69) is 20.4 Å². The molecule has 6 rings (SSSR count). The molecule has 3 aromatic carbocycles. The molecule has 1 amide bonds. The SMILES string of the molecule is CC[C@H](NC(=O)c1ccc2[nH]nc(-c3ccc(OC4CCN(C5COC5)CC4)cc3)c2c1)c1ccccc1Cl. The Morgan fingerprint density at radius 1 is 1.13 bits per heavy atom. The second-order valence-corrected chi connectivity index (χ2v) is 10.8. The number of halogens is 1. The highest BCUT2D eigenvalue weighted by Gasteiger charge is 2.30. The highest BCUT2D eigenvalue weighted by molar-refractivity contribution is 6.31. The number of H-pyrrole nitrogens is 1. The quantitative estimate of drug-likeness (QED) is 0.284. The van der Waals surface area contributed by atoms with Gasteiger partial charge in [-0.25, -0.2) is 0 Å². The third-order valence-corrected chi connectivity index (χ3v) is 8.21. The van der Waals surface area contributed by atoms with Gasteiger partial charge in [-0.15, -0.1) is 0 Å². The first-order valence-electron chi connectivity index (χ1n) is 13.7. The number of likely N-dealkylation sites (tertiary alicyclic amines) is 1. The zero-order valence-electron chi connectivity index (χ0n) is 22.0. The average Bonchev–Trinajstić information content (AvgIpc) is 3.36. The number of nitrogens with zero attached hydrogens (tertiary/aromatic N) is 2. The summed E-state index contributed by atoms with van der Waals surface area (Å²) in [6, 6.07) is 21.7. The van der Waals surface area contributed by atoms with Crippen molar-refractivity contribution >= 4 is 28.4 Å². The van der Waals surface area contributed by atoms with Crippen LogP contribution in [0.2, 0.25) is 5.02 Å². The van der Waals surface area contributed by atoms with E-state index in [0.29, 0.717) is 16.6 Å². The highest BCUT2D eigenvalue weighted by atomic mass is 35.5. The number of hydrogen-bond acceptors (Lipinski definition) is 5. The highest BCUT2D eigenvalue weighted by Crippen LogP contribution is 2.30. The van der Waals surface area contributed by atoms with Gasteiger partial charge < -0.3 is 14.8 Å². The number of hydrogen-bond donors (Lipinski definition) is 2. The number of fused-ring (bicyclic) bond motifs is 1. The third kappa shape index (κ3) is 5.53. The number of piperidine rings is 1. The molecule has 1 atom stereocenters. The fourth-order valence-electron chi connectivity index (χ4n) is 5.45. The summed E-state index contributed by atoms with van der Waals surface area (Å²) in [7, 11) is 0. The van der Waals surface area contributed by atoms with Crippen LogP contribution in [0.4, 0.5) is 0 Å². The van der Waals surface area contributed by atoms with E-state index < -0.39 is 0 Å². The lowest BCUT2D eigenvalue weighted by molar-refractivity contribution is -0.0778. The Hall–Kier alpha value is -3.39. The molecule has 0 saturated carbocycles. The molecule has 2 saturated heterocycles. The molecule has 39 heavy (non-hydrogen) atoms. The molecule has 0 bridgehead atoms. The number of benzene rings is 3. The van der Waals surface area contributed by atoms with Crippen molar-refractivity contribution in [2.24, 2.45) is 0 Å². The van der Waals surface area contributed by atoms with Gasteiger partial charge in [0, 0.05) is 34.6 Å². The van der Waals surface area contributed by atoms with Crippen molar-refractivity contribution in [1.29, 1.82) is 0 Å². The van der Waals surface area contributed by atoms with E-state index in [-0.39, 0.29) is 18.1 Å². The summed E-state index contributed by atoms with van der Waals surface area (Å²) in [6.07, 6.45) is 3.03. The van der Waals surface area contributed by atoms with Crippen molar-refractivity contribution in [2.45, 2.75) is 44.4 Å². The molecule has 3 heterocycles. The van der Waals surface area contributed by atoms with Crippen LogP contribution >= 0.6 is 11.6 Å². The molecular weight excluding hydrogens is 512 g/mol. The lowest BCUT2D eigenvalue weighted by atomic mass is 10.0. The van der Waals surface area contributed by atoms with Crippen LogP contribution in [-0.2, 0) is 4.74 Å². The molecule has 2 N–H and O–H groups in total. The molecular formula is C31H33ClN4O3. The predicted molar refractivity (Wildman–Crippen MR) is 153 cm³/mol. The van der Waals surface area contributed by atoms with Crippen LogP contribution in [0.15, 0.2) is 66.7 Å². The second-order valence-electron chi connectivity index (χ2n) is 10.4. The van der Waals surface area contributed by atoms with E-state index >= 15 is 0 Å². The van der Waals surface area contributed by atoms with Gasteiger partial charge in [0.25, 0.3) is 5.91 Å². The van der Waals surface area contributed by atoms with Crippen molar-refractivity contribution in [2.75, 3.05) is 26.3 Å². The molecule has 202 valence electrons. The summed E-state index contributed by atoms with van der Waals surface area (Å²) < 4.78 is 11.6. The van der Waals surface area contributed by atoms with E-state index in [9.17, 15) is 4.79 Å². The summed E-state index contributed by atoms with van der Waals surface area (Å²) in [5.41, 5.74) is 4.15. The van der Waals surface area contributed by atoms with E-state index in [1.807, 2.05) is 73.7 Å². The Bertz CT molecular complexity index is 1440. The first-order valence-corrected chi connectivity index (χ1v) is 14.1. The first-order chi connectivity index (χ1) is 19.1. The Morgan fingerprint density at radius 3 is 2.59 bits per heavy atom. The molecule has 0 aliphatic carbocycles. The Labute approximate surface area is 233 Å². The zero-order chi connectivity index (χ0) is 26.8. The molecule has 1 aromatic heterocycles. The van der Waals surface area contributed by atoms with Crippen molar-refractivity contribution < 1.29 is 14.3 Å². The number of aromatic nitrogens is 2. The fraction of sp³-hybridized carbons (Fsp3) is 0.355.